The second kappa shape index (κ2) is 10.4. The molecule has 2 aromatic carbocycles. The predicted molar refractivity (Wildman–Crippen MR) is 170 cm³/mol. The molecule has 5 aromatic rings. The van der Waals surface area contributed by atoms with Gasteiger partial charge in [-0.05, 0) is 73.2 Å². The number of imidazole rings is 1. The van der Waals surface area contributed by atoms with E-state index >= 15 is 0 Å². The molecule has 11 heteroatoms. The second-order valence-electron chi connectivity index (χ2n) is 12.6. The molecule has 10 nitrogen and oxygen atoms in total. The average molecular weight is 608 g/mol. The van der Waals surface area contributed by atoms with Gasteiger partial charge in [0, 0.05) is 48.4 Å². The molecule has 1 saturated carbocycles. The number of benzene rings is 2. The number of aryl methyl sites for hydroxylation is 1. The van der Waals surface area contributed by atoms with Gasteiger partial charge in [-0.2, -0.15) is 0 Å². The molecule has 0 radical (unpaired) electrons. The third kappa shape index (κ3) is 4.82. The Labute approximate surface area is 259 Å². The van der Waals surface area contributed by atoms with Crippen molar-refractivity contribution in [1.82, 2.24) is 24.0 Å². The second-order valence-corrected chi connectivity index (χ2v) is 12.6. The Hall–Kier alpha value is -4.77. The number of nitrogens with zero attached hydrogens (tertiary/aromatic N) is 5. The molecule has 0 bridgehead atoms. The van der Waals surface area contributed by atoms with Crippen LogP contribution < -0.4 is 15.8 Å². The molecule has 3 N–H and O–H groups in total. The number of alkyl halides is 1. The minimum absolute atomic E-state index is 0.00757. The highest BCUT2D eigenvalue weighted by Crippen LogP contribution is 2.38. The number of nitrogens with two attached hydrogens (primary N) is 1. The molecule has 1 aliphatic carbocycles. The fourth-order valence-corrected chi connectivity index (χ4v) is 6.85. The summed E-state index contributed by atoms with van der Waals surface area (Å²) in [4.78, 5) is 37.1. The largest absolute Gasteiger partial charge is 0.494 e. The summed E-state index contributed by atoms with van der Waals surface area (Å²) in [5, 5.41) is 3.90. The summed E-state index contributed by atoms with van der Waals surface area (Å²) in [7, 11) is 3.52. The first kappa shape index (κ1) is 27.8. The van der Waals surface area contributed by atoms with Gasteiger partial charge in [0.15, 0.2) is 5.82 Å². The number of ether oxygens (including phenoxy) is 1. The van der Waals surface area contributed by atoms with Crippen LogP contribution >= 0.6 is 0 Å². The maximum Gasteiger partial charge on any atom is 0.254 e. The van der Waals surface area contributed by atoms with E-state index in [4.69, 9.17) is 20.4 Å². The van der Waals surface area contributed by atoms with Crippen LogP contribution in [0.5, 0.6) is 5.75 Å². The lowest BCUT2D eigenvalue weighted by Gasteiger charge is -2.33. The summed E-state index contributed by atoms with van der Waals surface area (Å²) in [6.07, 6.45) is 1.83. The minimum atomic E-state index is -1.14. The Morgan fingerprint density at radius 3 is 2.73 bits per heavy atom. The SMILES string of the molecule is COc1cc(C(=O)N2C[C@H](N)C[C@@H](F)C2)cc2nc(-c3cc4ccc(-c5ccc6c(c5)CC(=O)N6)nc4n3CC3CC3)n(C)c12. The van der Waals surface area contributed by atoms with Gasteiger partial charge < -0.3 is 29.8 Å². The van der Waals surface area contributed by atoms with Crippen molar-refractivity contribution in [3.8, 4) is 28.5 Å². The van der Waals surface area contributed by atoms with Crippen LogP contribution in [0.25, 0.3) is 44.8 Å². The zero-order valence-corrected chi connectivity index (χ0v) is 25.2. The smallest absolute Gasteiger partial charge is 0.254 e. The number of methoxy groups -OCH3 is 1. The van der Waals surface area contributed by atoms with E-state index in [9.17, 15) is 14.0 Å². The van der Waals surface area contributed by atoms with Crippen LogP contribution in [0, 0.1) is 5.92 Å². The average Bonchev–Trinajstić information content (AvgIpc) is 3.53. The molecular formula is C34H34FN7O3. The van der Waals surface area contributed by atoms with Crippen molar-refractivity contribution in [3.63, 3.8) is 0 Å². The molecular weight excluding hydrogens is 573 g/mol. The standard InChI is InChI=1S/C34H34FN7O3/c1-40-31-27(10-22(12-29(31)45-2)34(44)41-16-23(35)14-24(36)17-41)39-33(40)28-11-20-6-8-25(38-32(20)42(28)15-18-3-4-18)19-5-7-26-21(9-19)13-30(43)37-26/h5-12,18,23-24H,3-4,13-17,36H2,1-2H3,(H,37,43)/t23-,24-/m1/s1. The summed E-state index contributed by atoms with van der Waals surface area (Å²) in [5.74, 6) is 1.55. The molecule has 5 heterocycles. The van der Waals surface area contributed by atoms with Crippen molar-refractivity contribution in [1.29, 1.82) is 0 Å². The van der Waals surface area contributed by atoms with E-state index in [2.05, 4.69) is 22.0 Å². The van der Waals surface area contributed by atoms with Gasteiger partial charge in [-0.25, -0.2) is 14.4 Å². The number of halogens is 1. The Balaban J connectivity index is 1.22. The van der Waals surface area contributed by atoms with Gasteiger partial charge in [0.25, 0.3) is 5.91 Å². The summed E-state index contributed by atoms with van der Waals surface area (Å²) >= 11 is 0. The number of aromatic nitrogens is 4. The van der Waals surface area contributed by atoms with Crippen molar-refractivity contribution in [3.05, 3.63) is 59.7 Å². The Bertz CT molecular complexity index is 2020. The molecule has 2 fully saturated rings. The Morgan fingerprint density at radius 1 is 1.11 bits per heavy atom. The van der Waals surface area contributed by atoms with Crippen LogP contribution in [0.4, 0.5) is 10.1 Å². The number of nitrogens with one attached hydrogen (secondary N) is 1. The number of carbonyl (C=O) groups is 2. The fourth-order valence-electron chi connectivity index (χ4n) is 6.85. The molecule has 45 heavy (non-hydrogen) atoms. The highest BCUT2D eigenvalue weighted by molar-refractivity contribution is 6.01. The quantitative estimate of drug-likeness (QED) is 0.289. The van der Waals surface area contributed by atoms with Gasteiger partial charge in [0.05, 0.1) is 37.0 Å². The first-order valence-corrected chi connectivity index (χ1v) is 15.4. The lowest BCUT2D eigenvalue weighted by Crippen LogP contribution is -2.50. The number of hydrogen-bond acceptors (Lipinski definition) is 6. The lowest BCUT2D eigenvalue weighted by atomic mass is 10.0. The van der Waals surface area contributed by atoms with Gasteiger partial charge in [-0.15, -0.1) is 0 Å². The molecule has 0 unspecified atom stereocenters. The van der Waals surface area contributed by atoms with Gasteiger partial charge >= 0.3 is 0 Å². The number of fused-ring (bicyclic) bond motifs is 3. The Morgan fingerprint density at radius 2 is 1.96 bits per heavy atom. The zero-order chi connectivity index (χ0) is 31.0. The van der Waals surface area contributed by atoms with Crippen molar-refractivity contribution >= 4 is 39.6 Å². The molecule has 1 saturated heterocycles. The number of carbonyl (C=O) groups excluding carboxylic acids is 2. The topological polar surface area (TPSA) is 120 Å². The first-order chi connectivity index (χ1) is 21.7. The van der Waals surface area contributed by atoms with Crippen LogP contribution in [-0.2, 0) is 24.8 Å². The number of anilines is 1. The lowest BCUT2D eigenvalue weighted by molar-refractivity contribution is -0.115. The monoisotopic (exact) mass is 607 g/mol. The van der Waals surface area contributed by atoms with Gasteiger partial charge in [-0.3, -0.25) is 9.59 Å². The van der Waals surface area contributed by atoms with E-state index < -0.39 is 12.2 Å². The molecule has 0 spiro atoms. The first-order valence-electron chi connectivity index (χ1n) is 15.4. The maximum absolute atomic E-state index is 14.3. The zero-order valence-electron chi connectivity index (χ0n) is 25.2. The molecule has 2 aliphatic heterocycles. The molecule has 2 amide bonds. The van der Waals surface area contributed by atoms with E-state index in [-0.39, 0.29) is 24.8 Å². The van der Waals surface area contributed by atoms with Crippen molar-refractivity contribution < 1.29 is 18.7 Å². The highest BCUT2D eigenvalue weighted by atomic mass is 19.1. The van der Waals surface area contributed by atoms with Gasteiger partial charge in [0.1, 0.15) is 23.1 Å². The number of pyridine rings is 1. The van der Waals surface area contributed by atoms with E-state index in [1.165, 1.54) is 17.7 Å². The van der Waals surface area contributed by atoms with Crippen LogP contribution in [0.1, 0.15) is 35.2 Å². The fraction of sp³-hybridized carbons (Fsp3) is 0.353. The van der Waals surface area contributed by atoms with E-state index in [1.807, 2.05) is 35.9 Å². The van der Waals surface area contributed by atoms with Crippen LogP contribution in [-0.4, -0.2) is 68.2 Å². The predicted octanol–water partition coefficient (Wildman–Crippen LogP) is 4.68. The summed E-state index contributed by atoms with van der Waals surface area (Å²) in [6, 6.07) is 15.3. The number of rotatable bonds is 6. The van der Waals surface area contributed by atoms with Crippen molar-refractivity contribution in [2.24, 2.45) is 18.7 Å². The van der Waals surface area contributed by atoms with Gasteiger partial charge in [-0.1, -0.05) is 6.07 Å². The number of hydrogen-bond donors (Lipinski definition) is 2. The van der Waals surface area contributed by atoms with Crippen LogP contribution in [0.2, 0.25) is 0 Å². The molecule has 230 valence electrons. The van der Waals surface area contributed by atoms with E-state index in [0.717, 1.165) is 57.1 Å². The molecule has 3 aliphatic rings. The van der Waals surface area contributed by atoms with E-state index in [0.29, 0.717) is 35.7 Å². The highest BCUT2D eigenvalue weighted by Gasteiger charge is 2.31. The van der Waals surface area contributed by atoms with Crippen LogP contribution in [0.15, 0.2) is 48.5 Å². The minimum Gasteiger partial charge on any atom is -0.494 e. The molecule has 8 rings (SSSR count). The summed E-state index contributed by atoms with van der Waals surface area (Å²) in [5.41, 5.74) is 13.2. The van der Waals surface area contributed by atoms with Crippen molar-refractivity contribution in [2.45, 2.75) is 44.4 Å². The normalized spacial score (nSPS) is 19.7. The number of amides is 2. The van der Waals surface area contributed by atoms with Crippen LogP contribution in [0.3, 0.4) is 0 Å². The third-order valence-electron chi connectivity index (χ3n) is 9.26. The van der Waals surface area contributed by atoms with Crippen molar-refractivity contribution in [2.75, 3.05) is 25.5 Å². The maximum atomic E-state index is 14.3. The van der Waals surface area contributed by atoms with Gasteiger partial charge in [0.2, 0.25) is 5.91 Å². The third-order valence-corrected chi connectivity index (χ3v) is 9.26. The molecule has 3 aromatic heterocycles. The number of likely N-dealkylation sites (tertiary alicyclic amines) is 1. The summed E-state index contributed by atoms with van der Waals surface area (Å²) in [6.45, 7) is 1.16. The summed E-state index contributed by atoms with van der Waals surface area (Å²) < 4.78 is 24.3. The number of piperidine rings is 1. The molecule has 2 atom stereocenters. The Kier molecular flexibility index (Phi) is 6.42. The van der Waals surface area contributed by atoms with E-state index in [1.54, 1.807) is 19.2 Å².